The van der Waals surface area contributed by atoms with Crippen molar-refractivity contribution in [2.45, 2.75) is 64.0 Å². The van der Waals surface area contributed by atoms with Gasteiger partial charge in [-0.15, -0.1) is 0 Å². The molecule has 2 fully saturated rings. The highest BCUT2D eigenvalue weighted by Gasteiger charge is 2.37. The van der Waals surface area contributed by atoms with Crippen LogP contribution in [0.4, 0.5) is 13.2 Å². The summed E-state index contributed by atoms with van der Waals surface area (Å²) >= 11 is 0. The summed E-state index contributed by atoms with van der Waals surface area (Å²) in [5.74, 6) is 0.254. The minimum Gasteiger partial charge on any atom is -0.481 e. The van der Waals surface area contributed by atoms with E-state index in [2.05, 4.69) is 31.2 Å². The zero-order valence-corrected chi connectivity index (χ0v) is 29.8. The van der Waals surface area contributed by atoms with Crippen LogP contribution in [-0.4, -0.2) is 58.5 Å². The van der Waals surface area contributed by atoms with Crippen LogP contribution in [0.3, 0.4) is 0 Å². The number of nitrogens with one attached hydrogen (secondary N) is 4. The Morgan fingerprint density at radius 1 is 0.833 bits per heavy atom. The van der Waals surface area contributed by atoms with Gasteiger partial charge in [-0.3, -0.25) is 18.8 Å². The second-order valence-corrected chi connectivity index (χ2v) is 13.7. The van der Waals surface area contributed by atoms with E-state index in [9.17, 15) is 14.4 Å². The van der Waals surface area contributed by atoms with E-state index in [0.717, 1.165) is 12.8 Å². The predicted octanol–water partition coefficient (Wildman–Crippen LogP) is 5.16. The van der Waals surface area contributed by atoms with Gasteiger partial charge >= 0.3 is 6.18 Å². The van der Waals surface area contributed by atoms with Crippen LogP contribution in [0, 0.1) is 6.92 Å². The number of carbonyl (C=O) groups excluding carboxylic acids is 2. The summed E-state index contributed by atoms with van der Waals surface area (Å²) < 4.78 is 52.2. The number of hydrogen-bond acceptors (Lipinski definition) is 8. The van der Waals surface area contributed by atoms with E-state index in [1.54, 1.807) is 55.6 Å². The number of benzene rings is 2. The molecule has 2 aliphatic heterocycles. The quantitative estimate of drug-likeness (QED) is 0.138. The number of amides is 2. The number of halogens is 3. The molecule has 0 unspecified atom stereocenters. The molecule has 2 saturated heterocycles. The molecule has 3 aromatic heterocycles. The number of ether oxygens (including phenoxy) is 1. The first-order chi connectivity index (χ1) is 26.0. The van der Waals surface area contributed by atoms with Crippen molar-refractivity contribution in [3.8, 4) is 39.4 Å². The molecule has 0 saturated carbocycles. The molecule has 7 rings (SSSR count). The molecule has 5 aromatic rings. The fourth-order valence-corrected chi connectivity index (χ4v) is 7.29. The molecule has 2 aromatic carbocycles. The monoisotopic (exact) mass is 739 g/mol. The lowest BCUT2D eigenvalue weighted by atomic mass is 9.88. The van der Waals surface area contributed by atoms with Gasteiger partial charge in [-0.2, -0.15) is 13.2 Å². The highest BCUT2D eigenvalue weighted by atomic mass is 19.4. The highest BCUT2D eigenvalue weighted by Crippen LogP contribution is 2.45. The Morgan fingerprint density at radius 2 is 1.46 bits per heavy atom. The van der Waals surface area contributed by atoms with Crippen molar-refractivity contribution < 1.29 is 27.5 Å². The van der Waals surface area contributed by atoms with Gasteiger partial charge in [0.25, 0.3) is 5.56 Å². The molecule has 0 bridgehead atoms. The number of pyridine rings is 2. The molecule has 14 heteroatoms. The summed E-state index contributed by atoms with van der Waals surface area (Å²) in [6, 6.07) is 16.5. The number of nitrogens with zero attached hydrogens (tertiary/aromatic N) is 3. The molecular formula is C40H40F3N7O4. The average molecular weight is 740 g/mol. The third-order valence-electron chi connectivity index (χ3n) is 10.1. The molecule has 0 aliphatic carbocycles. The number of methoxy groups -OCH3 is 1. The first-order valence-electron chi connectivity index (χ1n) is 17.9. The van der Waals surface area contributed by atoms with E-state index in [-0.39, 0.29) is 58.7 Å². The lowest BCUT2D eigenvalue weighted by Crippen LogP contribution is -2.36. The van der Waals surface area contributed by atoms with Gasteiger partial charge in [0.1, 0.15) is 5.65 Å². The average Bonchev–Trinajstić information content (AvgIpc) is 3.78. The smallest absolute Gasteiger partial charge is 0.417 e. The largest absolute Gasteiger partial charge is 0.481 e. The molecule has 5 heterocycles. The molecule has 54 heavy (non-hydrogen) atoms. The third-order valence-corrected chi connectivity index (χ3v) is 10.1. The van der Waals surface area contributed by atoms with Crippen LogP contribution in [0.25, 0.3) is 39.2 Å². The van der Waals surface area contributed by atoms with Gasteiger partial charge in [-0.25, -0.2) is 9.97 Å². The van der Waals surface area contributed by atoms with Gasteiger partial charge in [-0.1, -0.05) is 42.5 Å². The number of alkyl halides is 3. The number of hydrogen-bond donors (Lipinski definition) is 4. The maximum Gasteiger partial charge on any atom is 0.417 e. The summed E-state index contributed by atoms with van der Waals surface area (Å²) in [4.78, 5) is 45.3. The van der Waals surface area contributed by atoms with Crippen molar-refractivity contribution >= 4 is 17.5 Å². The first kappa shape index (κ1) is 36.7. The third kappa shape index (κ3) is 7.71. The maximum atomic E-state index is 15.1. The van der Waals surface area contributed by atoms with Crippen LogP contribution >= 0.6 is 0 Å². The molecule has 280 valence electrons. The van der Waals surface area contributed by atoms with Crippen LogP contribution in [0.1, 0.15) is 47.9 Å². The number of carbonyl (C=O) groups is 2. The Labute approximate surface area is 309 Å². The molecule has 0 spiro atoms. The Hall–Kier alpha value is -5.60. The van der Waals surface area contributed by atoms with E-state index in [0.29, 0.717) is 71.5 Å². The molecule has 0 radical (unpaired) electrons. The van der Waals surface area contributed by atoms with Crippen LogP contribution in [0.5, 0.6) is 5.88 Å². The van der Waals surface area contributed by atoms with Crippen LogP contribution in [0.15, 0.2) is 77.9 Å². The van der Waals surface area contributed by atoms with Crippen LogP contribution < -0.4 is 31.6 Å². The topological polar surface area (TPSA) is 139 Å². The van der Waals surface area contributed by atoms with Crippen molar-refractivity contribution in [2.75, 3.05) is 20.2 Å². The Kier molecular flexibility index (Phi) is 10.5. The van der Waals surface area contributed by atoms with E-state index in [1.165, 1.54) is 29.8 Å². The summed E-state index contributed by atoms with van der Waals surface area (Å²) in [6.45, 7) is 3.52. The SMILES string of the molecule is COc1nc(-c2cccc(-c3cccc(-c4ccn5c(=O)c(CNC[C@@H]6CCC(=O)N6)cnc5c4)c3C)c2C(F)(F)F)ccc1CNC[C@H]1CCC(=O)N1. The first-order valence-corrected chi connectivity index (χ1v) is 17.9. The van der Waals surface area contributed by atoms with Gasteiger partial charge < -0.3 is 26.0 Å². The number of rotatable bonds is 12. The van der Waals surface area contributed by atoms with Crippen molar-refractivity contribution in [1.82, 2.24) is 35.6 Å². The van der Waals surface area contributed by atoms with Crippen molar-refractivity contribution in [1.29, 1.82) is 0 Å². The Balaban J connectivity index is 1.16. The van der Waals surface area contributed by atoms with E-state index in [1.807, 2.05) is 6.07 Å². The normalized spacial score (nSPS) is 17.2. The standard InChI is InChI=1S/C40H40F3N7O4/c1-23-29(24-15-16-50-34(17-24)46-20-26(39(50)53)19-45-22-28-11-14-36(52)48-28)5-3-6-30(23)31-7-4-8-32(37(31)40(41,42)43)33-12-9-25(38(49-33)54-2)18-44-21-27-10-13-35(51)47-27/h3-9,12,15-17,20,27-28,44-45H,10-11,13-14,18-19,21-22H2,1-2H3,(H,47,51)(H,48,52)/t27-,28+/m1/s1. The molecule has 2 amide bonds. The van der Waals surface area contributed by atoms with Gasteiger partial charge in [0.15, 0.2) is 0 Å². The van der Waals surface area contributed by atoms with Crippen LogP contribution in [0.2, 0.25) is 0 Å². The Bertz CT molecular complexity index is 2290. The zero-order valence-electron chi connectivity index (χ0n) is 29.8. The molecule has 11 nitrogen and oxygen atoms in total. The van der Waals surface area contributed by atoms with E-state index in [4.69, 9.17) is 4.74 Å². The fourth-order valence-electron chi connectivity index (χ4n) is 7.29. The second-order valence-electron chi connectivity index (χ2n) is 13.7. The molecule has 2 aliphatic rings. The van der Waals surface area contributed by atoms with Gasteiger partial charge in [0, 0.05) is 80.2 Å². The second kappa shape index (κ2) is 15.4. The fraction of sp³-hybridized carbons (Fsp3) is 0.325. The van der Waals surface area contributed by atoms with E-state index < -0.39 is 11.7 Å². The number of aromatic nitrogens is 3. The number of fused-ring (bicyclic) bond motifs is 1. The Morgan fingerprint density at radius 3 is 2.09 bits per heavy atom. The van der Waals surface area contributed by atoms with Crippen molar-refractivity contribution in [2.24, 2.45) is 0 Å². The molecule has 4 N–H and O–H groups in total. The summed E-state index contributed by atoms with van der Waals surface area (Å²) in [6.07, 6.45) is 0.903. The molecule has 2 atom stereocenters. The zero-order chi connectivity index (χ0) is 38.0. The van der Waals surface area contributed by atoms with Gasteiger partial charge in [0.2, 0.25) is 17.7 Å². The lowest BCUT2D eigenvalue weighted by Gasteiger charge is -2.20. The molecular weight excluding hydrogens is 699 g/mol. The summed E-state index contributed by atoms with van der Waals surface area (Å²) in [5.41, 5.74) is 2.95. The van der Waals surface area contributed by atoms with Gasteiger partial charge in [0.05, 0.1) is 18.4 Å². The van der Waals surface area contributed by atoms with E-state index >= 15 is 13.2 Å². The van der Waals surface area contributed by atoms with Crippen LogP contribution in [-0.2, 0) is 28.9 Å². The van der Waals surface area contributed by atoms with Crippen molar-refractivity contribution in [3.05, 3.63) is 106 Å². The minimum atomic E-state index is -4.72. The van der Waals surface area contributed by atoms with Crippen molar-refractivity contribution in [3.63, 3.8) is 0 Å². The minimum absolute atomic E-state index is 0.00826. The lowest BCUT2D eigenvalue weighted by molar-refractivity contribution is -0.136. The van der Waals surface area contributed by atoms with Gasteiger partial charge in [-0.05, 0) is 65.8 Å². The highest BCUT2D eigenvalue weighted by molar-refractivity contribution is 5.84. The maximum absolute atomic E-state index is 15.1. The summed E-state index contributed by atoms with van der Waals surface area (Å²) in [5, 5.41) is 12.3. The summed E-state index contributed by atoms with van der Waals surface area (Å²) in [7, 11) is 1.43. The predicted molar refractivity (Wildman–Crippen MR) is 198 cm³/mol.